The zero-order valence-electron chi connectivity index (χ0n) is 9.30. The highest BCUT2D eigenvalue weighted by molar-refractivity contribution is 7.58. The first-order valence-electron chi connectivity index (χ1n) is 4.62. The zero-order valence-corrected chi connectivity index (χ0v) is 10.2. The molecule has 0 spiro atoms. The number of rotatable bonds is 5. The summed E-state index contributed by atoms with van der Waals surface area (Å²) in [6.07, 6.45) is -4.74. The van der Waals surface area contributed by atoms with Crippen LogP contribution in [0, 0.1) is 0 Å². The molecule has 0 aliphatic rings. The molecule has 0 bridgehead atoms. The third kappa shape index (κ3) is 3.81. The monoisotopic (exact) mass is 261 g/mol. The Morgan fingerprint density at radius 1 is 1.25 bits per heavy atom. The average molecular weight is 261 g/mol. The normalized spacial score (nSPS) is 14.9. The number of allylic oxidation sites excluding steroid dienone is 2. The molecule has 96 valence electrons. The molecule has 4 nitrogen and oxygen atoms in total. The van der Waals surface area contributed by atoms with Crippen LogP contribution in [0.3, 0.4) is 0 Å². The van der Waals surface area contributed by atoms with Gasteiger partial charge in [-0.3, -0.25) is 4.57 Å². The number of halogens is 3. The van der Waals surface area contributed by atoms with E-state index in [1.54, 1.807) is 0 Å². The van der Waals surface area contributed by atoms with E-state index in [-0.39, 0.29) is 13.2 Å². The van der Waals surface area contributed by atoms with E-state index >= 15 is 0 Å². The fraction of sp³-hybridized carbons (Fsp3) is 0.750. The van der Waals surface area contributed by atoms with Gasteiger partial charge in [0.1, 0.15) is 5.70 Å². The van der Waals surface area contributed by atoms with E-state index in [1.807, 2.05) is 0 Å². The van der Waals surface area contributed by atoms with Gasteiger partial charge in [-0.2, -0.15) is 13.2 Å². The van der Waals surface area contributed by atoms with Crippen molar-refractivity contribution in [3.63, 3.8) is 0 Å². The highest BCUT2D eigenvalue weighted by Gasteiger charge is 2.39. The summed E-state index contributed by atoms with van der Waals surface area (Å²) >= 11 is 0. The minimum atomic E-state index is -4.74. The molecule has 0 saturated heterocycles. The first-order valence-corrected chi connectivity index (χ1v) is 6.16. The van der Waals surface area contributed by atoms with Gasteiger partial charge < -0.3 is 14.8 Å². The van der Waals surface area contributed by atoms with Crippen LogP contribution in [0.4, 0.5) is 13.2 Å². The molecule has 0 rings (SSSR count). The minimum absolute atomic E-state index is 0.0280. The lowest BCUT2D eigenvalue weighted by molar-refractivity contribution is -0.0932. The Balaban J connectivity index is 5.31. The van der Waals surface area contributed by atoms with E-state index in [0.717, 1.165) is 6.92 Å². The molecule has 0 saturated carbocycles. The van der Waals surface area contributed by atoms with Crippen molar-refractivity contribution in [1.29, 1.82) is 0 Å². The maximum Gasteiger partial charge on any atom is 0.431 e. The molecule has 0 aromatic heterocycles. The van der Waals surface area contributed by atoms with Crippen LogP contribution in [-0.4, -0.2) is 19.4 Å². The third-order valence-corrected chi connectivity index (χ3v) is 3.96. The fourth-order valence-electron chi connectivity index (χ4n) is 0.923. The summed E-state index contributed by atoms with van der Waals surface area (Å²) in [5.74, 6) is 0. The summed E-state index contributed by atoms with van der Waals surface area (Å²) in [6, 6.07) is 0. The van der Waals surface area contributed by atoms with Crippen LogP contribution >= 0.6 is 7.60 Å². The molecule has 0 unspecified atom stereocenters. The first kappa shape index (κ1) is 15.5. The molecule has 0 radical (unpaired) electrons. The summed E-state index contributed by atoms with van der Waals surface area (Å²) in [7, 11) is -3.93. The first-order chi connectivity index (χ1) is 7.19. The van der Waals surface area contributed by atoms with E-state index in [1.165, 1.54) is 13.8 Å². The quantitative estimate of drug-likeness (QED) is 0.773. The van der Waals surface area contributed by atoms with Crippen LogP contribution in [0.1, 0.15) is 20.8 Å². The molecule has 0 aromatic rings. The van der Waals surface area contributed by atoms with E-state index in [9.17, 15) is 17.7 Å². The summed E-state index contributed by atoms with van der Waals surface area (Å²) in [4.78, 5) is 0. The van der Waals surface area contributed by atoms with E-state index < -0.39 is 24.8 Å². The largest absolute Gasteiger partial charge is 0.431 e. The highest BCUT2D eigenvalue weighted by atomic mass is 31.2. The van der Waals surface area contributed by atoms with Crippen LogP contribution in [-0.2, 0) is 13.6 Å². The summed E-state index contributed by atoms with van der Waals surface area (Å²) in [6.45, 7) is 3.94. The lowest BCUT2D eigenvalue weighted by Gasteiger charge is -2.20. The van der Waals surface area contributed by atoms with Crippen LogP contribution in [0.2, 0.25) is 0 Å². The second-order valence-electron chi connectivity index (χ2n) is 2.83. The van der Waals surface area contributed by atoms with Gasteiger partial charge in [0, 0.05) is 0 Å². The van der Waals surface area contributed by atoms with E-state index in [0.29, 0.717) is 0 Å². The number of hydrogen-bond acceptors (Lipinski definition) is 4. The van der Waals surface area contributed by atoms with Crippen LogP contribution in [0.5, 0.6) is 0 Å². The van der Waals surface area contributed by atoms with Crippen molar-refractivity contribution < 1.29 is 26.8 Å². The molecule has 2 N–H and O–H groups in total. The molecule has 0 aliphatic heterocycles. The maximum absolute atomic E-state index is 12.3. The second-order valence-corrected chi connectivity index (χ2v) is 5.01. The van der Waals surface area contributed by atoms with Gasteiger partial charge in [0.2, 0.25) is 0 Å². The molecular weight excluding hydrogens is 246 g/mol. The Morgan fingerprint density at radius 3 is 1.88 bits per heavy atom. The molecule has 8 heteroatoms. The third-order valence-electron chi connectivity index (χ3n) is 1.70. The Hall–Kier alpha value is -0.520. The van der Waals surface area contributed by atoms with Crippen LogP contribution in [0.25, 0.3) is 0 Å². The van der Waals surface area contributed by atoms with Gasteiger partial charge in [0.25, 0.3) is 0 Å². The molecule has 0 aromatic carbocycles. The Morgan fingerprint density at radius 2 is 1.62 bits per heavy atom. The maximum atomic E-state index is 12.3. The van der Waals surface area contributed by atoms with Crippen molar-refractivity contribution in [2.75, 3.05) is 13.2 Å². The molecule has 0 fully saturated rings. The van der Waals surface area contributed by atoms with Crippen LogP contribution in [0.15, 0.2) is 11.0 Å². The molecule has 16 heavy (non-hydrogen) atoms. The van der Waals surface area contributed by atoms with Gasteiger partial charge in [-0.1, -0.05) is 0 Å². The molecule has 0 atom stereocenters. The van der Waals surface area contributed by atoms with Crippen molar-refractivity contribution >= 4 is 7.60 Å². The minimum Gasteiger partial charge on any atom is -0.394 e. The molecule has 0 amide bonds. The predicted molar refractivity (Wildman–Crippen MR) is 53.8 cm³/mol. The topological polar surface area (TPSA) is 61.5 Å². The van der Waals surface area contributed by atoms with Crippen LogP contribution < -0.4 is 5.73 Å². The highest BCUT2D eigenvalue weighted by Crippen LogP contribution is 2.57. The van der Waals surface area contributed by atoms with Gasteiger partial charge in [0.05, 0.1) is 18.5 Å². The van der Waals surface area contributed by atoms with Gasteiger partial charge in [0.15, 0.2) is 0 Å². The standard InChI is InChI=1S/C8H15F3NO3P/c1-4-14-16(13,15-5-2)6(3)7(12)8(9,10)11/h4-5,12H2,1-3H3/b7-6-. The van der Waals surface area contributed by atoms with E-state index in [2.05, 4.69) is 0 Å². The van der Waals surface area contributed by atoms with Gasteiger partial charge in [-0.05, 0) is 20.8 Å². The summed E-state index contributed by atoms with van der Waals surface area (Å²) < 4.78 is 58.3. The van der Waals surface area contributed by atoms with Crippen molar-refractivity contribution in [3.8, 4) is 0 Å². The zero-order chi connectivity index (χ0) is 13.0. The molecular formula is C8H15F3NO3P. The molecule has 0 aliphatic carbocycles. The summed E-state index contributed by atoms with van der Waals surface area (Å²) in [5.41, 5.74) is 3.43. The van der Waals surface area contributed by atoms with E-state index in [4.69, 9.17) is 14.8 Å². The number of nitrogens with two attached hydrogens (primary N) is 1. The summed E-state index contributed by atoms with van der Waals surface area (Å²) in [5, 5.41) is -0.608. The predicted octanol–water partition coefficient (Wildman–Crippen LogP) is 3.01. The van der Waals surface area contributed by atoms with Gasteiger partial charge >= 0.3 is 13.8 Å². The van der Waals surface area contributed by atoms with Gasteiger partial charge in [-0.25, -0.2) is 0 Å². The van der Waals surface area contributed by atoms with Crippen molar-refractivity contribution in [1.82, 2.24) is 0 Å². The van der Waals surface area contributed by atoms with Gasteiger partial charge in [-0.15, -0.1) is 0 Å². The number of alkyl halides is 3. The van der Waals surface area contributed by atoms with Crippen molar-refractivity contribution in [2.45, 2.75) is 26.9 Å². The van der Waals surface area contributed by atoms with Crippen molar-refractivity contribution in [2.24, 2.45) is 5.73 Å². The molecule has 0 heterocycles. The smallest absolute Gasteiger partial charge is 0.394 e. The Labute approximate surface area is 92.1 Å². The average Bonchev–Trinajstić information content (AvgIpc) is 2.14. The lowest BCUT2D eigenvalue weighted by atomic mass is 10.4. The fourth-order valence-corrected chi connectivity index (χ4v) is 2.49. The SMILES string of the molecule is CCOP(=O)(OCC)/C(C)=C(\N)C(F)(F)F. The lowest BCUT2D eigenvalue weighted by Crippen LogP contribution is -2.21. The Bertz CT molecular complexity index is 304. The van der Waals surface area contributed by atoms with Crippen molar-refractivity contribution in [3.05, 3.63) is 11.0 Å². The second kappa shape index (κ2) is 5.70. The Kier molecular flexibility index (Phi) is 5.52. The number of hydrogen-bond donors (Lipinski definition) is 1.